The van der Waals surface area contributed by atoms with E-state index in [1.807, 2.05) is 39.0 Å². The summed E-state index contributed by atoms with van der Waals surface area (Å²) in [5.41, 5.74) is 2.27. The van der Waals surface area contributed by atoms with Crippen LogP contribution in [0.3, 0.4) is 0 Å². The Hall–Kier alpha value is -2.89. The largest absolute Gasteiger partial charge is 0.508 e. The minimum absolute atomic E-state index is 0.0666. The molecule has 0 bridgehead atoms. The van der Waals surface area contributed by atoms with Gasteiger partial charge in [0.1, 0.15) is 11.6 Å². The summed E-state index contributed by atoms with van der Waals surface area (Å²) in [6.45, 7) is 6.05. The molecule has 0 aliphatic carbocycles. The van der Waals surface area contributed by atoms with Crippen molar-refractivity contribution in [3.05, 3.63) is 36.5 Å². The molecule has 1 amide bonds. The number of rotatable bonds is 3. The number of carbonyl (C=O) groups excluding carboxylic acids is 1. The number of nitrogens with zero attached hydrogens (tertiary/aromatic N) is 2. The number of benzene rings is 1. The molecule has 3 aromatic rings. The van der Waals surface area contributed by atoms with Gasteiger partial charge in [0.25, 0.3) is 0 Å². The SMILES string of the molecule is CC(C)(C)CC(=O)Nc1[nH]nc2ncc(-c3ccc(O)cc3)cc12. The molecule has 1 aromatic carbocycles. The number of pyridine rings is 1. The average Bonchev–Trinajstić information content (AvgIpc) is 2.88. The van der Waals surface area contributed by atoms with Crippen LogP contribution in [-0.2, 0) is 4.79 Å². The molecule has 6 heteroatoms. The molecule has 6 nitrogen and oxygen atoms in total. The van der Waals surface area contributed by atoms with Gasteiger partial charge >= 0.3 is 0 Å². The van der Waals surface area contributed by atoms with Gasteiger partial charge in [0.15, 0.2) is 5.65 Å². The molecule has 3 rings (SSSR count). The number of carbonyl (C=O) groups is 1. The van der Waals surface area contributed by atoms with E-state index in [1.165, 1.54) is 0 Å². The molecule has 2 aromatic heterocycles. The van der Waals surface area contributed by atoms with Crippen molar-refractivity contribution < 1.29 is 9.90 Å². The second-order valence-electron chi connectivity index (χ2n) is 7.03. The number of H-pyrrole nitrogens is 1. The molecule has 124 valence electrons. The predicted molar refractivity (Wildman–Crippen MR) is 93.7 cm³/mol. The van der Waals surface area contributed by atoms with E-state index in [-0.39, 0.29) is 17.1 Å². The minimum atomic E-state index is -0.0879. The van der Waals surface area contributed by atoms with E-state index in [0.29, 0.717) is 17.9 Å². The van der Waals surface area contributed by atoms with Crippen LogP contribution in [0.4, 0.5) is 5.82 Å². The topological polar surface area (TPSA) is 90.9 Å². The van der Waals surface area contributed by atoms with Crippen LogP contribution in [0, 0.1) is 5.41 Å². The summed E-state index contributed by atoms with van der Waals surface area (Å²) in [4.78, 5) is 16.5. The zero-order valence-electron chi connectivity index (χ0n) is 13.9. The van der Waals surface area contributed by atoms with E-state index in [9.17, 15) is 9.90 Å². The van der Waals surface area contributed by atoms with Crippen molar-refractivity contribution in [2.45, 2.75) is 27.2 Å². The standard InChI is InChI=1S/C18H20N4O2/c1-18(2,3)9-15(24)20-17-14-8-12(10-19-16(14)21-22-17)11-4-6-13(23)7-5-11/h4-8,10,23H,9H2,1-3H3,(H2,19,20,21,22,24). The maximum absolute atomic E-state index is 12.2. The second-order valence-corrected chi connectivity index (χ2v) is 7.03. The fourth-order valence-electron chi connectivity index (χ4n) is 2.47. The molecule has 0 fully saturated rings. The number of phenolic OH excluding ortho intramolecular Hbond substituents is 1. The smallest absolute Gasteiger partial charge is 0.226 e. The molecule has 0 saturated heterocycles. The van der Waals surface area contributed by atoms with Gasteiger partial charge in [-0.25, -0.2) is 4.98 Å². The number of phenols is 1. The number of amides is 1. The molecule has 0 radical (unpaired) electrons. The summed E-state index contributed by atoms with van der Waals surface area (Å²) in [5, 5.41) is 20.0. The number of fused-ring (bicyclic) bond motifs is 1. The van der Waals surface area contributed by atoms with Gasteiger partial charge in [-0.1, -0.05) is 32.9 Å². The Kier molecular flexibility index (Phi) is 3.97. The van der Waals surface area contributed by atoms with E-state index in [1.54, 1.807) is 18.3 Å². The first kappa shape index (κ1) is 16.0. The van der Waals surface area contributed by atoms with Gasteiger partial charge in [-0.15, -0.1) is 0 Å². The fraction of sp³-hybridized carbons (Fsp3) is 0.278. The highest BCUT2D eigenvalue weighted by atomic mass is 16.3. The molecular weight excluding hydrogens is 304 g/mol. The Balaban J connectivity index is 1.91. The normalized spacial score (nSPS) is 11.6. The molecule has 0 saturated carbocycles. The number of hydrogen-bond acceptors (Lipinski definition) is 4. The summed E-state index contributed by atoms with van der Waals surface area (Å²) < 4.78 is 0. The summed E-state index contributed by atoms with van der Waals surface area (Å²) in [6, 6.07) is 8.80. The molecule has 2 heterocycles. The first-order valence-corrected chi connectivity index (χ1v) is 7.75. The van der Waals surface area contributed by atoms with Gasteiger partial charge in [-0.3, -0.25) is 9.89 Å². The number of nitrogens with one attached hydrogen (secondary N) is 2. The lowest BCUT2D eigenvalue weighted by atomic mass is 9.92. The van der Waals surface area contributed by atoms with Gasteiger partial charge in [-0.2, -0.15) is 5.10 Å². The Morgan fingerprint density at radius 1 is 1.21 bits per heavy atom. The van der Waals surface area contributed by atoms with E-state index in [4.69, 9.17) is 0 Å². The molecule has 0 atom stereocenters. The maximum atomic E-state index is 12.2. The van der Waals surface area contributed by atoms with Crippen molar-refractivity contribution in [3.8, 4) is 16.9 Å². The summed E-state index contributed by atoms with van der Waals surface area (Å²) in [6.07, 6.45) is 2.13. The predicted octanol–water partition coefficient (Wildman–Crippen LogP) is 3.71. The van der Waals surface area contributed by atoms with E-state index in [0.717, 1.165) is 16.5 Å². The van der Waals surface area contributed by atoms with Crippen molar-refractivity contribution in [1.29, 1.82) is 0 Å². The van der Waals surface area contributed by atoms with Gasteiger partial charge in [0.05, 0.1) is 5.39 Å². The average molecular weight is 324 g/mol. The minimum Gasteiger partial charge on any atom is -0.508 e. The Labute approximate surface area is 139 Å². The lowest BCUT2D eigenvalue weighted by molar-refractivity contribution is -0.117. The van der Waals surface area contributed by atoms with Crippen LogP contribution in [0.5, 0.6) is 5.75 Å². The van der Waals surface area contributed by atoms with E-state index < -0.39 is 0 Å². The third-order valence-corrected chi connectivity index (χ3v) is 3.57. The van der Waals surface area contributed by atoms with Gasteiger partial charge in [-0.05, 0) is 29.2 Å². The highest BCUT2D eigenvalue weighted by Gasteiger charge is 2.18. The first-order valence-electron chi connectivity index (χ1n) is 7.75. The van der Waals surface area contributed by atoms with Crippen molar-refractivity contribution in [1.82, 2.24) is 15.2 Å². The van der Waals surface area contributed by atoms with Crippen LogP contribution < -0.4 is 5.32 Å². The van der Waals surface area contributed by atoms with Gasteiger partial charge < -0.3 is 10.4 Å². The van der Waals surface area contributed by atoms with Crippen LogP contribution >= 0.6 is 0 Å². The van der Waals surface area contributed by atoms with Crippen molar-refractivity contribution in [2.24, 2.45) is 5.41 Å². The lowest BCUT2D eigenvalue weighted by Gasteiger charge is -2.16. The summed E-state index contributed by atoms with van der Waals surface area (Å²) >= 11 is 0. The Bertz CT molecular complexity index is 876. The number of aromatic amines is 1. The molecular formula is C18H20N4O2. The highest BCUT2D eigenvalue weighted by Crippen LogP contribution is 2.27. The maximum Gasteiger partial charge on any atom is 0.226 e. The number of anilines is 1. The summed E-state index contributed by atoms with van der Waals surface area (Å²) in [7, 11) is 0. The number of aromatic nitrogens is 3. The third kappa shape index (κ3) is 3.53. The van der Waals surface area contributed by atoms with E-state index >= 15 is 0 Å². The van der Waals surface area contributed by atoms with Gasteiger partial charge in [0.2, 0.25) is 5.91 Å². The molecule has 24 heavy (non-hydrogen) atoms. The molecule has 0 unspecified atom stereocenters. The molecule has 3 N–H and O–H groups in total. The van der Waals surface area contributed by atoms with Crippen LogP contribution in [0.25, 0.3) is 22.2 Å². The number of aromatic hydroxyl groups is 1. The van der Waals surface area contributed by atoms with Crippen LogP contribution in [0.15, 0.2) is 36.5 Å². The zero-order valence-corrected chi connectivity index (χ0v) is 13.9. The number of hydrogen-bond donors (Lipinski definition) is 3. The lowest BCUT2D eigenvalue weighted by Crippen LogP contribution is -2.19. The molecule has 0 spiro atoms. The zero-order chi connectivity index (χ0) is 17.3. The van der Waals surface area contributed by atoms with Crippen LogP contribution in [-0.4, -0.2) is 26.2 Å². The van der Waals surface area contributed by atoms with Crippen LogP contribution in [0.1, 0.15) is 27.2 Å². The Morgan fingerprint density at radius 2 is 1.92 bits per heavy atom. The molecule has 0 aliphatic heterocycles. The third-order valence-electron chi connectivity index (χ3n) is 3.57. The van der Waals surface area contributed by atoms with Crippen molar-refractivity contribution in [3.63, 3.8) is 0 Å². The quantitative estimate of drug-likeness (QED) is 0.685. The molecule has 0 aliphatic rings. The first-order chi connectivity index (χ1) is 11.3. The van der Waals surface area contributed by atoms with E-state index in [2.05, 4.69) is 20.5 Å². The van der Waals surface area contributed by atoms with Crippen molar-refractivity contribution >= 4 is 22.8 Å². The monoisotopic (exact) mass is 324 g/mol. The van der Waals surface area contributed by atoms with Crippen LogP contribution in [0.2, 0.25) is 0 Å². The van der Waals surface area contributed by atoms with Gasteiger partial charge in [0, 0.05) is 18.2 Å². The second kappa shape index (κ2) is 5.96. The summed E-state index contributed by atoms with van der Waals surface area (Å²) in [5.74, 6) is 0.696. The Morgan fingerprint density at radius 3 is 2.58 bits per heavy atom. The highest BCUT2D eigenvalue weighted by molar-refractivity contribution is 5.99. The van der Waals surface area contributed by atoms with Crippen molar-refractivity contribution in [2.75, 3.05) is 5.32 Å². The fourth-order valence-corrected chi connectivity index (χ4v) is 2.47.